The van der Waals surface area contributed by atoms with Crippen LogP contribution >= 0.6 is 0 Å². The molecule has 2 heteroatoms. The van der Waals surface area contributed by atoms with Gasteiger partial charge in [-0.2, -0.15) is 0 Å². The number of carbonyl (C=O) groups is 1. The molecule has 0 saturated heterocycles. The van der Waals surface area contributed by atoms with Crippen LogP contribution in [0.4, 0.5) is 0 Å². The highest BCUT2D eigenvalue weighted by molar-refractivity contribution is 5.78. The minimum absolute atomic E-state index is 0.260. The third-order valence-electron chi connectivity index (χ3n) is 10.9. The number of allylic oxidation sites excluding steroid dienone is 2. The van der Waals surface area contributed by atoms with E-state index in [9.17, 15) is 4.79 Å². The van der Waals surface area contributed by atoms with E-state index >= 15 is 0 Å². The Morgan fingerprint density at radius 3 is 1.02 bits per heavy atom. The van der Waals surface area contributed by atoms with Gasteiger partial charge in [-0.05, 0) is 51.4 Å². The summed E-state index contributed by atoms with van der Waals surface area (Å²) in [6.45, 7) is 11.1. The van der Waals surface area contributed by atoms with Crippen molar-refractivity contribution in [2.75, 3.05) is 13.1 Å². The fraction of sp³-hybridized carbons (Fsp3) is 0.936. The van der Waals surface area contributed by atoms with Crippen LogP contribution in [0.25, 0.3) is 0 Å². The summed E-state index contributed by atoms with van der Waals surface area (Å²) in [6, 6.07) is 0. The van der Waals surface area contributed by atoms with Gasteiger partial charge in [-0.1, -0.05) is 226 Å². The lowest BCUT2D eigenvalue weighted by Crippen LogP contribution is -2.37. The van der Waals surface area contributed by atoms with Crippen molar-refractivity contribution >= 4 is 5.91 Å². The van der Waals surface area contributed by atoms with Crippen molar-refractivity contribution in [2.24, 2.45) is 5.92 Å². The minimum Gasteiger partial charge on any atom is -0.342 e. The van der Waals surface area contributed by atoms with Gasteiger partial charge in [0.2, 0.25) is 5.91 Å². The molecule has 1 amide bonds. The Balaban J connectivity index is 4.58. The molecule has 0 N–H and O–H groups in total. The molecule has 0 bridgehead atoms. The molecule has 0 rings (SSSR count). The zero-order valence-corrected chi connectivity index (χ0v) is 34.7. The van der Waals surface area contributed by atoms with Gasteiger partial charge in [0.05, 0.1) is 0 Å². The van der Waals surface area contributed by atoms with Crippen LogP contribution in [-0.4, -0.2) is 23.9 Å². The summed E-state index contributed by atoms with van der Waals surface area (Å²) in [5.41, 5.74) is 0. The van der Waals surface area contributed by atoms with Crippen LogP contribution in [0.2, 0.25) is 0 Å². The van der Waals surface area contributed by atoms with Gasteiger partial charge < -0.3 is 4.90 Å². The molecule has 0 fully saturated rings. The molecular formula is C47H93NO. The maximum atomic E-state index is 14.0. The lowest BCUT2D eigenvalue weighted by molar-refractivity contribution is -0.136. The second-order valence-corrected chi connectivity index (χ2v) is 15.9. The maximum Gasteiger partial charge on any atom is 0.225 e. The summed E-state index contributed by atoms with van der Waals surface area (Å²) in [5, 5.41) is 0. The summed E-state index contributed by atoms with van der Waals surface area (Å²) in [4.78, 5) is 16.3. The number of nitrogens with zero attached hydrogens (tertiary/aromatic N) is 1. The van der Waals surface area contributed by atoms with Gasteiger partial charge in [0, 0.05) is 19.0 Å². The van der Waals surface area contributed by atoms with E-state index in [4.69, 9.17) is 0 Å². The van der Waals surface area contributed by atoms with Crippen molar-refractivity contribution in [3.8, 4) is 0 Å². The molecule has 0 aliphatic heterocycles. The molecule has 0 aromatic rings. The Morgan fingerprint density at radius 2 is 0.653 bits per heavy atom. The standard InChI is InChI=1S/C47H93NO/c1-5-9-13-16-19-22-24-26-27-29-31-34-37-40-43-46(42-39-36-33-30-28-25-23-20-17-14-10-6-2)47(49)48(44-12-8-4)45-41-38-35-32-21-18-15-11-7-3/h26-27,46H,5-25,28-45H2,1-4H3/b27-26-. The normalized spacial score (nSPS) is 12.3. The highest BCUT2D eigenvalue weighted by Crippen LogP contribution is 2.23. The number of unbranched alkanes of at least 4 members (excludes halogenated alkanes) is 30. The minimum atomic E-state index is 0.260. The largest absolute Gasteiger partial charge is 0.342 e. The Hall–Kier alpha value is -0.790. The second-order valence-electron chi connectivity index (χ2n) is 15.9. The number of rotatable bonds is 41. The molecule has 0 aromatic carbocycles. The van der Waals surface area contributed by atoms with Crippen LogP contribution in [0.3, 0.4) is 0 Å². The van der Waals surface area contributed by atoms with Crippen LogP contribution in [-0.2, 0) is 4.79 Å². The van der Waals surface area contributed by atoms with E-state index in [1.807, 2.05) is 0 Å². The fourth-order valence-electron chi connectivity index (χ4n) is 7.46. The van der Waals surface area contributed by atoms with Crippen molar-refractivity contribution in [1.82, 2.24) is 4.90 Å². The quantitative estimate of drug-likeness (QED) is 0.0463. The predicted molar refractivity (Wildman–Crippen MR) is 223 cm³/mol. The zero-order chi connectivity index (χ0) is 35.7. The Labute approximate surface area is 311 Å². The van der Waals surface area contributed by atoms with E-state index in [0.717, 1.165) is 32.4 Å². The van der Waals surface area contributed by atoms with Crippen LogP contribution in [0.5, 0.6) is 0 Å². The van der Waals surface area contributed by atoms with Crippen LogP contribution in [0, 0.1) is 5.92 Å². The highest BCUT2D eigenvalue weighted by atomic mass is 16.2. The van der Waals surface area contributed by atoms with Crippen LogP contribution in [0.1, 0.15) is 265 Å². The summed E-state index contributed by atoms with van der Waals surface area (Å²) < 4.78 is 0. The summed E-state index contributed by atoms with van der Waals surface area (Å²) in [5.74, 6) is 0.768. The smallest absolute Gasteiger partial charge is 0.225 e. The topological polar surface area (TPSA) is 20.3 Å². The SMILES string of the molecule is CCCCCCCC/C=C\CCCCCCC(CCCCCCCCCCCCCC)C(=O)N(CCCC)CCCCCCCCCCC. The van der Waals surface area contributed by atoms with Crippen molar-refractivity contribution in [1.29, 1.82) is 0 Å². The van der Waals surface area contributed by atoms with Gasteiger partial charge in [-0.15, -0.1) is 0 Å². The monoisotopic (exact) mass is 688 g/mol. The first-order valence-corrected chi connectivity index (χ1v) is 23.1. The molecule has 0 aliphatic carbocycles. The lowest BCUT2D eigenvalue weighted by atomic mass is 9.92. The lowest BCUT2D eigenvalue weighted by Gasteiger charge is -2.28. The highest BCUT2D eigenvalue weighted by Gasteiger charge is 2.23. The van der Waals surface area contributed by atoms with E-state index in [-0.39, 0.29) is 5.92 Å². The third kappa shape index (κ3) is 35.4. The van der Waals surface area contributed by atoms with E-state index in [2.05, 4.69) is 44.7 Å². The Morgan fingerprint density at radius 1 is 0.367 bits per heavy atom. The van der Waals surface area contributed by atoms with Crippen molar-refractivity contribution in [3.05, 3.63) is 12.2 Å². The second kappa shape index (κ2) is 41.6. The molecule has 0 heterocycles. The molecule has 1 unspecified atom stereocenters. The molecule has 49 heavy (non-hydrogen) atoms. The molecule has 0 aromatic heterocycles. The molecule has 0 spiro atoms. The van der Waals surface area contributed by atoms with E-state index in [1.165, 1.54) is 218 Å². The third-order valence-corrected chi connectivity index (χ3v) is 10.9. The molecule has 1 atom stereocenters. The van der Waals surface area contributed by atoms with Gasteiger partial charge in [0.1, 0.15) is 0 Å². The van der Waals surface area contributed by atoms with Gasteiger partial charge in [0.25, 0.3) is 0 Å². The summed E-state index contributed by atoms with van der Waals surface area (Å²) >= 11 is 0. The van der Waals surface area contributed by atoms with Crippen LogP contribution < -0.4 is 0 Å². The maximum absolute atomic E-state index is 14.0. The van der Waals surface area contributed by atoms with Crippen molar-refractivity contribution < 1.29 is 4.79 Å². The average Bonchev–Trinajstić information content (AvgIpc) is 3.11. The fourth-order valence-corrected chi connectivity index (χ4v) is 7.46. The predicted octanol–water partition coefficient (Wildman–Crippen LogP) is 16.5. The average molecular weight is 688 g/mol. The summed E-state index contributed by atoms with van der Waals surface area (Å²) in [6.07, 6.45) is 54.2. The van der Waals surface area contributed by atoms with Gasteiger partial charge in [-0.3, -0.25) is 4.79 Å². The van der Waals surface area contributed by atoms with Gasteiger partial charge in [0.15, 0.2) is 0 Å². The van der Waals surface area contributed by atoms with E-state index < -0.39 is 0 Å². The zero-order valence-electron chi connectivity index (χ0n) is 34.7. The first kappa shape index (κ1) is 48.2. The molecule has 292 valence electrons. The van der Waals surface area contributed by atoms with E-state index in [1.54, 1.807) is 0 Å². The van der Waals surface area contributed by atoms with Crippen molar-refractivity contribution in [3.63, 3.8) is 0 Å². The van der Waals surface area contributed by atoms with Gasteiger partial charge >= 0.3 is 0 Å². The molecule has 0 radical (unpaired) electrons. The van der Waals surface area contributed by atoms with Crippen LogP contribution in [0.15, 0.2) is 12.2 Å². The number of carbonyl (C=O) groups excluding carboxylic acids is 1. The first-order chi connectivity index (χ1) is 24.2. The molecule has 0 saturated carbocycles. The summed E-state index contributed by atoms with van der Waals surface area (Å²) in [7, 11) is 0. The first-order valence-electron chi connectivity index (χ1n) is 23.1. The number of hydrogen-bond donors (Lipinski definition) is 0. The van der Waals surface area contributed by atoms with E-state index in [0.29, 0.717) is 5.91 Å². The molecular weight excluding hydrogens is 595 g/mol. The Kier molecular flexibility index (Phi) is 41.0. The Bertz CT molecular complexity index is 656. The molecule has 0 aliphatic rings. The van der Waals surface area contributed by atoms with Gasteiger partial charge in [-0.25, -0.2) is 0 Å². The van der Waals surface area contributed by atoms with Crippen molar-refractivity contribution in [2.45, 2.75) is 265 Å². The number of amides is 1. The number of hydrogen-bond acceptors (Lipinski definition) is 1. The molecule has 2 nitrogen and oxygen atoms in total.